The lowest BCUT2D eigenvalue weighted by Crippen LogP contribution is -2.51. The van der Waals surface area contributed by atoms with Gasteiger partial charge < -0.3 is 24.4 Å². The Hall–Kier alpha value is -4.25. The van der Waals surface area contributed by atoms with Crippen LogP contribution in [0.4, 0.5) is 5.69 Å². The van der Waals surface area contributed by atoms with E-state index < -0.39 is 28.5 Å². The summed E-state index contributed by atoms with van der Waals surface area (Å²) in [7, 11) is 0.221. The summed E-state index contributed by atoms with van der Waals surface area (Å²) in [6.07, 6.45) is 1.70. The number of benzene rings is 3. The van der Waals surface area contributed by atoms with Gasteiger partial charge in [-0.05, 0) is 67.4 Å². The number of nitrogens with one attached hydrogen (secondary N) is 1. The van der Waals surface area contributed by atoms with Crippen LogP contribution in [0, 0.1) is 0 Å². The van der Waals surface area contributed by atoms with Crippen LogP contribution in [0.3, 0.4) is 0 Å². The first-order chi connectivity index (χ1) is 20.2. The molecule has 0 aliphatic heterocycles. The third-order valence-electron chi connectivity index (χ3n) is 6.79. The molecule has 0 aliphatic carbocycles. The maximum atomic E-state index is 14.1. The zero-order valence-corrected chi connectivity index (χ0v) is 25.5. The average molecular weight is 598 g/mol. The zero-order valence-electron chi connectivity index (χ0n) is 24.7. The van der Waals surface area contributed by atoms with Gasteiger partial charge >= 0.3 is 0 Å². The number of sulfonamides is 1. The van der Waals surface area contributed by atoms with Crippen LogP contribution in [0.25, 0.3) is 0 Å². The fraction of sp³-hybridized carbons (Fsp3) is 0.355. The molecule has 3 rings (SSSR count). The van der Waals surface area contributed by atoms with Crippen LogP contribution in [0.1, 0.15) is 32.3 Å². The van der Waals surface area contributed by atoms with E-state index in [1.165, 1.54) is 43.4 Å². The van der Waals surface area contributed by atoms with Crippen molar-refractivity contribution in [2.75, 3.05) is 38.7 Å². The summed E-state index contributed by atoms with van der Waals surface area (Å²) in [5.74, 6) is 0.519. The molecule has 1 N–H and O–H groups in total. The maximum absolute atomic E-state index is 14.1. The molecule has 0 heterocycles. The summed E-state index contributed by atoms with van der Waals surface area (Å²) in [6, 6.07) is 18.7. The molecule has 0 aliphatic rings. The molecule has 11 heteroatoms. The average Bonchev–Trinajstić information content (AvgIpc) is 3.02. The number of rotatable bonds is 15. The number of ether oxygens (including phenoxy) is 3. The van der Waals surface area contributed by atoms with Crippen LogP contribution in [0.2, 0.25) is 0 Å². The second-order valence-corrected chi connectivity index (χ2v) is 11.4. The number of carbonyl (C=O) groups is 2. The van der Waals surface area contributed by atoms with E-state index >= 15 is 0 Å². The number of carbonyl (C=O) groups excluding carboxylic acids is 2. The van der Waals surface area contributed by atoms with Crippen LogP contribution in [0.15, 0.2) is 77.7 Å². The van der Waals surface area contributed by atoms with E-state index in [1.807, 2.05) is 6.92 Å². The molecule has 226 valence electrons. The SMILES string of the molecule is CCCCNC(=O)[C@H](C)N(Cc1ccc(OC)cc1)C(=O)CN(c1ccccc1OC)S(=O)(=O)c1ccc(OC)cc1. The highest BCUT2D eigenvalue weighted by Gasteiger charge is 2.33. The Bertz CT molecular complexity index is 1430. The molecule has 0 spiro atoms. The second kappa shape index (κ2) is 15.1. The summed E-state index contributed by atoms with van der Waals surface area (Å²) in [5.41, 5.74) is 0.938. The summed E-state index contributed by atoms with van der Waals surface area (Å²) >= 11 is 0. The molecule has 0 aromatic heterocycles. The molecule has 0 saturated carbocycles. The molecular weight excluding hydrogens is 558 g/mol. The summed E-state index contributed by atoms with van der Waals surface area (Å²) in [6.45, 7) is 3.63. The highest BCUT2D eigenvalue weighted by atomic mass is 32.2. The van der Waals surface area contributed by atoms with Gasteiger partial charge in [0.25, 0.3) is 10.0 Å². The molecule has 10 nitrogen and oxygen atoms in total. The van der Waals surface area contributed by atoms with Crippen molar-refractivity contribution in [2.24, 2.45) is 0 Å². The normalized spacial score (nSPS) is 11.7. The van der Waals surface area contributed by atoms with Crippen molar-refractivity contribution in [3.8, 4) is 17.2 Å². The predicted octanol–water partition coefficient (Wildman–Crippen LogP) is 4.24. The van der Waals surface area contributed by atoms with E-state index in [0.29, 0.717) is 18.0 Å². The molecule has 0 unspecified atom stereocenters. The van der Waals surface area contributed by atoms with E-state index in [9.17, 15) is 18.0 Å². The van der Waals surface area contributed by atoms with Crippen LogP contribution >= 0.6 is 0 Å². The second-order valence-electron chi connectivity index (χ2n) is 9.55. The number of methoxy groups -OCH3 is 3. The van der Waals surface area contributed by atoms with Gasteiger partial charge in [-0.3, -0.25) is 13.9 Å². The van der Waals surface area contributed by atoms with E-state index in [-0.39, 0.29) is 28.8 Å². The zero-order chi connectivity index (χ0) is 30.7. The first kappa shape index (κ1) is 32.3. The first-order valence-corrected chi connectivity index (χ1v) is 15.1. The molecule has 0 saturated heterocycles. The Kier molecular flexibility index (Phi) is 11.6. The Balaban J connectivity index is 2.03. The third-order valence-corrected chi connectivity index (χ3v) is 8.56. The number of para-hydroxylation sites is 2. The highest BCUT2D eigenvalue weighted by molar-refractivity contribution is 7.92. The Morgan fingerprint density at radius 3 is 2.02 bits per heavy atom. The van der Waals surface area contributed by atoms with Crippen LogP contribution in [-0.2, 0) is 26.2 Å². The molecule has 3 aromatic carbocycles. The lowest BCUT2D eigenvalue weighted by Gasteiger charge is -2.32. The van der Waals surface area contributed by atoms with E-state index in [2.05, 4.69) is 5.32 Å². The first-order valence-electron chi connectivity index (χ1n) is 13.7. The fourth-order valence-corrected chi connectivity index (χ4v) is 5.70. The molecule has 0 bridgehead atoms. The number of hydrogen-bond donors (Lipinski definition) is 1. The van der Waals surface area contributed by atoms with Crippen molar-refractivity contribution in [3.63, 3.8) is 0 Å². The number of unbranched alkanes of at least 4 members (excludes halogenated alkanes) is 1. The highest BCUT2D eigenvalue weighted by Crippen LogP contribution is 2.33. The number of amides is 2. The fourth-order valence-electron chi connectivity index (χ4n) is 4.27. The van der Waals surface area contributed by atoms with E-state index in [0.717, 1.165) is 22.7 Å². The summed E-state index contributed by atoms with van der Waals surface area (Å²) in [4.78, 5) is 28.5. The van der Waals surface area contributed by atoms with E-state index in [4.69, 9.17) is 14.2 Å². The van der Waals surface area contributed by atoms with Crippen LogP contribution < -0.4 is 23.8 Å². The van der Waals surface area contributed by atoms with Crippen LogP contribution in [0.5, 0.6) is 17.2 Å². The topological polar surface area (TPSA) is 114 Å². The minimum Gasteiger partial charge on any atom is -0.497 e. The smallest absolute Gasteiger partial charge is 0.264 e. The van der Waals surface area contributed by atoms with Gasteiger partial charge in [0, 0.05) is 13.1 Å². The minimum absolute atomic E-state index is 0.0333. The number of nitrogens with zero attached hydrogens (tertiary/aromatic N) is 2. The third kappa shape index (κ3) is 7.94. The minimum atomic E-state index is -4.25. The molecule has 2 amide bonds. The van der Waals surface area contributed by atoms with Gasteiger partial charge in [-0.1, -0.05) is 37.6 Å². The van der Waals surface area contributed by atoms with Gasteiger partial charge in [-0.25, -0.2) is 8.42 Å². The van der Waals surface area contributed by atoms with Crippen molar-refractivity contribution < 1.29 is 32.2 Å². The Morgan fingerprint density at radius 1 is 0.857 bits per heavy atom. The van der Waals surface area contributed by atoms with Crippen molar-refractivity contribution in [1.29, 1.82) is 0 Å². The monoisotopic (exact) mass is 597 g/mol. The summed E-state index contributed by atoms with van der Waals surface area (Å²) < 4.78 is 45.0. The van der Waals surface area contributed by atoms with E-state index in [1.54, 1.807) is 62.6 Å². The Morgan fingerprint density at radius 2 is 1.45 bits per heavy atom. The van der Waals surface area contributed by atoms with Crippen molar-refractivity contribution in [1.82, 2.24) is 10.2 Å². The molecular formula is C31H39N3O7S. The molecule has 1 atom stereocenters. The predicted molar refractivity (Wildman–Crippen MR) is 161 cm³/mol. The lowest BCUT2D eigenvalue weighted by atomic mass is 10.1. The largest absolute Gasteiger partial charge is 0.497 e. The van der Waals surface area contributed by atoms with Gasteiger partial charge in [-0.2, -0.15) is 0 Å². The lowest BCUT2D eigenvalue weighted by molar-refractivity contribution is -0.139. The maximum Gasteiger partial charge on any atom is 0.264 e. The van der Waals surface area contributed by atoms with Gasteiger partial charge in [-0.15, -0.1) is 0 Å². The van der Waals surface area contributed by atoms with Crippen molar-refractivity contribution >= 4 is 27.5 Å². The van der Waals surface area contributed by atoms with Gasteiger partial charge in [0.1, 0.15) is 29.8 Å². The van der Waals surface area contributed by atoms with Crippen LogP contribution in [-0.4, -0.2) is 65.6 Å². The molecule has 42 heavy (non-hydrogen) atoms. The Labute approximate surface area is 248 Å². The molecule has 0 radical (unpaired) electrons. The van der Waals surface area contributed by atoms with Gasteiger partial charge in [0.05, 0.1) is 31.9 Å². The molecule has 3 aromatic rings. The van der Waals surface area contributed by atoms with Gasteiger partial charge in [0.2, 0.25) is 11.8 Å². The number of hydrogen-bond acceptors (Lipinski definition) is 7. The quantitative estimate of drug-likeness (QED) is 0.261. The standard InChI is InChI=1S/C31H39N3O7S/c1-6-7-20-32-31(36)23(2)33(21-24-12-14-25(39-3)15-13-24)30(35)22-34(28-10-8-9-11-29(28)41-5)42(37,38)27-18-16-26(40-4)17-19-27/h8-19,23H,6-7,20-22H2,1-5H3,(H,32,36)/t23-/m0/s1. The van der Waals surface area contributed by atoms with Gasteiger partial charge in [0.15, 0.2) is 0 Å². The number of anilines is 1. The van der Waals surface area contributed by atoms with Crippen molar-refractivity contribution in [3.05, 3.63) is 78.4 Å². The summed E-state index contributed by atoms with van der Waals surface area (Å²) in [5, 5.41) is 2.88. The van der Waals surface area contributed by atoms with Crippen molar-refractivity contribution in [2.45, 2.75) is 44.2 Å². The molecule has 0 fully saturated rings.